The number of sulfonamides is 1. The Morgan fingerprint density at radius 3 is 2.17 bits per heavy atom. The summed E-state index contributed by atoms with van der Waals surface area (Å²) in [5.74, 6) is 0.779. The van der Waals surface area contributed by atoms with Crippen molar-refractivity contribution in [1.29, 1.82) is 0 Å². The summed E-state index contributed by atoms with van der Waals surface area (Å²) in [6.07, 6.45) is 1.74. The molecule has 1 atom stereocenters. The molecule has 0 aliphatic heterocycles. The van der Waals surface area contributed by atoms with E-state index in [9.17, 15) is 13.2 Å². The van der Waals surface area contributed by atoms with Crippen molar-refractivity contribution in [2.75, 3.05) is 31.3 Å². The van der Waals surface area contributed by atoms with E-state index in [-0.39, 0.29) is 18.5 Å². The molecule has 0 saturated heterocycles. The lowest BCUT2D eigenvalue weighted by atomic mass is 10.0. The van der Waals surface area contributed by atoms with Gasteiger partial charge in [-0.15, -0.1) is 0 Å². The third-order valence-corrected chi connectivity index (χ3v) is 6.04. The van der Waals surface area contributed by atoms with Crippen molar-refractivity contribution in [3.63, 3.8) is 0 Å². The number of carbonyl (C=O) groups excluding carboxylic acids is 1. The molecule has 0 spiro atoms. The Morgan fingerprint density at radius 1 is 1.07 bits per heavy atom. The van der Waals surface area contributed by atoms with Crippen LogP contribution in [0.15, 0.2) is 36.4 Å². The topological polar surface area (TPSA) is 84.9 Å². The fraction of sp³-hybridized carbons (Fsp3) is 0.409. The van der Waals surface area contributed by atoms with Gasteiger partial charge in [-0.1, -0.05) is 31.2 Å². The quantitative estimate of drug-likeness (QED) is 0.654. The molecule has 164 valence electrons. The lowest BCUT2D eigenvalue weighted by Gasteiger charge is -2.27. The van der Waals surface area contributed by atoms with Gasteiger partial charge in [0.2, 0.25) is 15.9 Å². The van der Waals surface area contributed by atoms with Gasteiger partial charge in [0.15, 0.2) is 11.5 Å². The van der Waals surface area contributed by atoms with E-state index in [4.69, 9.17) is 9.47 Å². The molecule has 1 N–H and O–H groups in total. The highest BCUT2D eigenvalue weighted by Gasteiger charge is 2.25. The van der Waals surface area contributed by atoms with E-state index >= 15 is 0 Å². The van der Waals surface area contributed by atoms with Gasteiger partial charge in [0.1, 0.15) is 6.54 Å². The normalized spacial score (nSPS) is 12.2. The van der Waals surface area contributed by atoms with Crippen molar-refractivity contribution >= 4 is 21.6 Å². The van der Waals surface area contributed by atoms with Crippen LogP contribution in [-0.4, -0.2) is 41.3 Å². The van der Waals surface area contributed by atoms with Crippen LogP contribution in [0.25, 0.3) is 0 Å². The van der Waals surface area contributed by atoms with Gasteiger partial charge in [0.05, 0.1) is 32.2 Å². The predicted molar refractivity (Wildman–Crippen MR) is 119 cm³/mol. The second-order valence-electron chi connectivity index (χ2n) is 7.15. The van der Waals surface area contributed by atoms with E-state index in [1.54, 1.807) is 20.3 Å². The molecular weight excluding hydrogens is 404 g/mol. The highest BCUT2D eigenvalue weighted by atomic mass is 32.2. The molecule has 0 aliphatic rings. The maximum atomic E-state index is 12.8. The average Bonchev–Trinajstić information content (AvgIpc) is 2.69. The van der Waals surface area contributed by atoms with Gasteiger partial charge in [-0.2, -0.15) is 0 Å². The van der Waals surface area contributed by atoms with Crippen LogP contribution in [-0.2, 0) is 14.8 Å². The second kappa shape index (κ2) is 9.84. The Labute approximate surface area is 179 Å². The van der Waals surface area contributed by atoms with Gasteiger partial charge in [-0.25, -0.2) is 8.42 Å². The van der Waals surface area contributed by atoms with Gasteiger partial charge in [-0.05, 0) is 49.1 Å². The molecular formula is C22H30N2O5S. The highest BCUT2D eigenvalue weighted by Crippen LogP contribution is 2.31. The van der Waals surface area contributed by atoms with E-state index in [0.29, 0.717) is 23.6 Å². The lowest BCUT2D eigenvalue weighted by molar-refractivity contribution is -0.120. The third-order valence-electron chi connectivity index (χ3n) is 4.93. The summed E-state index contributed by atoms with van der Waals surface area (Å²) < 4.78 is 36.7. The Balaban J connectivity index is 2.28. The molecule has 0 aromatic heterocycles. The molecule has 8 heteroatoms. The van der Waals surface area contributed by atoms with Crippen LogP contribution in [0.2, 0.25) is 0 Å². The molecule has 0 saturated carbocycles. The molecule has 0 unspecified atom stereocenters. The summed E-state index contributed by atoms with van der Waals surface area (Å²) in [5.41, 5.74) is 2.97. The molecule has 1 amide bonds. The first-order chi connectivity index (χ1) is 14.1. The summed E-state index contributed by atoms with van der Waals surface area (Å²) in [6, 6.07) is 10.7. The van der Waals surface area contributed by atoms with Crippen LogP contribution < -0.4 is 19.1 Å². The summed E-state index contributed by atoms with van der Waals surface area (Å²) in [5, 5.41) is 2.94. The zero-order valence-corrected chi connectivity index (χ0v) is 19.2. The zero-order chi connectivity index (χ0) is 22.5. The number of hydrogen-bond donors (Lipinski definition) is 1. The molecule has 0 fully saturated rings. The summed E-state index contributed by atoms with van der Waals surface area (Å²) in [7, 11) is -0.538. The Morgan fingerprint density at radius 2 is 1.67 bits per heavy atom. The number of ether oxygens (including phenoxy) is 2. The number of nitrogens with zero attached hydrogens (tertiary/aromatic N) is 1. The summed E-state index contributed by atoms with van der Waals surface area (Å²) >= 11 is 0. The SMILES string of the molecule is CC[C@H](NC(=O)CN(c1c(C)cccc1C)S(C)(=O)=O)c1ccc(OC)c(OC)c1. The van der Waals surface area contributed by atoms with Crippen LogP contribution in [0, 0.1) is 13.8 Å². The number of anilines is 1. The molecule has 0 heterocycles. The fourth-order valence-corrected chi connectivity index (χ4v) is 4.39. The number of hydrogen-bond acceptors (Lipinski definition) is 5. The first kappa shape index (κ1) is 23.5. The molecule has 7 nitrogen and oxygen atoms in total. The third kappa shape index (κ3) is 5.44. The van der Waals surface area contributed by atoms with Gasteiger partial charge in [0, 0.05) is 0 Å². The molecule has 0 aliphatic carbocycles. The number of aryl methyl sites for hydroxylation is 2. The van der Waals surface area contributed by atoms with E-state index < -0.39 is 10.0 Å². The first-order valence-corrected chi connectivity index (χ1v) is 11.5. The molecule has 30 heavy (non-hydrogen) atoms. The Kier molecular flexibility index (Phi) is 7.72. The monoisotopic (exact) mass is 434 g/mol. The minimum absolute atomic E-state index is 0.295. The standard InChI is InChI=1S/C22H30N2O5S/c1-7-18(17-11-12-19(28-4)20(13-17)29-5)23-21(25)14-24(30(6,26)27)22-15(2)9-8-10-16(22)3/h8-13,18H,7,14H2,1-6H3,(H,23,25)/t18-/m0/s1. The van der Waals surface area contributed by atoms with Gasteiger partial charge >= 0.3 is 0 Å². The van der Waals surface area contributed by atoms with E-state index in [0.717, 1.165) is 27.3 Å². The second-order valence-corrected chi connectivity index (χ2v) is 9.06. The number of para-hydroxylation sites is 1. The average molecular weight is 435 g/mol. The first-order valence-electron chi connectivity index (χ1n) is 9.67. The van der Waals surface area contributed by atoms with Crippen LogP contribution in [0.4, 0.5) is 5.69 Å². The lowest BCUT2D eigenvalue weighted by Crippen LogP contribution is -2.42. The maximum Gasteiger partial charge on any atom is 0.241 e. The summed E-state index contributed by atoms with van der Waals surface area (Å²) in [4.78, 5) is 12.8. The molecule has 0 radical (unpaired) electrons. The molecule has 2 aromatic carbocycles. The number of nitrogens with one attached hydrogen (secondary N) is 1. The van der Waals surface area contributed by atoms with Crippen molar-refractivity contribution in [2.45, 2.75) is 33.2 Å². The number of benzene rings is 2. The smallest absolute Gasteiger partial charge is 0.241 e. The number of carbonyl (C=O) groups is 1. The molecule has 2 aromatic rings. The predicted octanol–water partition coefficient (Wildman–Crippen LogP) is 3.35. The zero-order valence-electron chi connectivity index (χ0n) is 18.4. The molecule has 2 rings (SSSR count). The van der Waals surface area contributed by atoms with Gasteiger partial charge < -0.3 is 14.8 Å². The highest BCUT2D eigenvalue weighted by molar-refractivity contribution is 7.92. The molecule has 0 bridgehead atoms. The van der Waals surface area contributed by atoms with Crippen molar-refractivity contribution in [3.8, 4) is 11.5 Å². The fourth-order valence-electron chi connectivity index (χ4n) is 3.42. The minimum atomic E-state index is -3.65. The Bertz CT molecular complexity index is 984. The van der Waals surface area contributed by atoms with Crippen molar-refractivity contribution in [2.24, 2.45) is 0 Å². The van der Waals surface area contributed by atoms with Crippen LogP contribution in [0.3, 0.4) is 0 Å². The maximum absolute atomic E-state index is 12.8. The van der Waals surface area contributed by atoms with E-state index in [1.165, 1.54) is 0 Å². The van der Waals surface area contributed by atoms with Gasteiger partial charge in [0.25, 0.3) is 0 Å². The van der Waals surface area contributed by atoms with Crippen LogP contribution >= 0.6 is 0 Å². The van der Waals surface area contributed by atoms with Crippen molar-refractivity contribution in [3.05, 3.63) is 53.1 Å². The Hall–Kier alpha value is -2.74. The van der Waals surface area contributed by atoms with Crippen molar-refractivity contribution in [1.82, 2.24) is 5.32 Å². The van der Waals surface area contributed by atoms with Crippen LogP contribution in [0.1, 0.15) is 36.1 Å². The van der Waals surface area contributed by atoms with E-state index in [2.05, 4.69) is 5.32 Å². The van der Waals surface area contributed by atoms with Crippen molar-refractivity contribution < 1.29 is 22.7 Å². The van der Waals surface area contributed by atoms with E-state index in [1.807, 2.05) is 51.1 Å². The number of amides is 1. The number of rotatable bonds is 9. The minimum Gasteiger partial charge on any atom is -0.493 e. The van der Waals surface area contributed by atoms with Crippen LogP contribution in [0.5, 0.6) is 11.5 Å². The largest absolute Gasteiger partial charge is 0.493 e. The van der Waals surface area contributed by atoms with Gasteiger partial charge in [-0.3, -0.25) is 9.10 Å². The summed E-state index contributed by atoms with van der Waals surface area (Å²) in [6.45, 7) is 5.31. The number of methoxy groups -OCH3 is 2.